The van der Waals surface area contributed by atoms with Crippen LogP contribution in [0.5, 0.6) is 0 Å². The summed E-state index contributed by atoms with van der Waals surface area (Å²) in [5.74, 6) is 0.573. The third-order valence-electron chi connectivity index (χ3n) is 3.02. The fourth-order valence-corrected chi connectivity index (χ4v) is 2.22. The lowest BCUT2D eigenvalue weighted by Crippen LogP contribution is -2.24. The largest absolute Gasteiger partial charge is 0.383 e. The van der Waals surface area contributed by atoms with Crippen molar-refractivity contribution in [1.82, 2.24) is 9.78 Å². The van der Waals surface area contributed by atoms with Crippen LogP contribution in [0.15, 0.2) is 30.5 Å². The molecule has 2 rings (SSSR count). The van der Waals surface area contributed by atoms with Gasteiger partial charge < -0.3 is 5.73 Å². The Labute approximate surface area is 112 Å². The van der Waals surface area contributed by atoms with Crippen molar-refractivity contribution < 1.29 is 8.42 Å². The zero-order valence-electron chi connectivity index (χ0n) is 11.0. The quantitative estimate of drug-likeness (QED) is 0.911. The summed E-state index contributed by atoms with van der Waals surface area (Å²) in [6.07, 6.45) is 2.85. The molecular weight excluding hydrogens is 264 g/mol. The lowest BCUT2D eigenvalue weighted by molar-refractivity contribution is 0.600. The van der Waals surface area contributed by atoms with Crippen LogP contribution in [0, 0.1) is 0 Å². The number of aromatic nitrogens is 2. The van der Waals surface area contributed by atoms with E-state index < -0.39 is 10.0 Å². The Bertz CT molecular complexity index is 689. The molecule has 2 N–H and O–H groups in total. The van der Waals surface area contributed by atoms with Crippen molar-refractivity contribution in [3.05, 3.63) is 30.5 Å². The normalized spacial score (nSPS) is 11.5. The van der Waals surface area contributed by atoms with Crippen LogP contribution >= 0.6 is 0 Å². The third-order valence-corrected chi connectivity index (χ3v) is 4.23. The second kappa shape index (κ2) is 4.58. The first-order valence-electron chi connectivity index (χ1n) is 5.62. The second-order valence-corrected chi connectivity index (χ2v) is 6.36. The molecule has 2 aromatic rings. The maximum atomic E-state index is 11.4. The Morgan fingerprint density at radius 1 is 1.26 bits per heavy atom. The van der Waals surface area contributed by atoms with E-state index in [1.807, 2.05) is 12.1 Å². The molecule has 7 heteroatoms. The molecule has 1 aromatic carbocycles. The first-order valence-corrected chi connectivity index (χ1v) is 7.47. The van der Waals surface area contributed by atoms with Gasteiger partial charge in [-0.25, -0.2) is 8.42 Å². The second-order valence-electron chi connectivity index (χ2n) is 4.34. The number of rotatable bonds is 3. The van der Waals surface area contributed by atoms with E-state index in [1.54, 1.807) is 30.1 Å². The standard InChI is InChI=1S/C12H16N4O2S/c1-15-12(13)11(8-14-15)9-4-6-10(7-5-9)16(2)19(3,17)18/h4-8H,13H2,1-3H3. The van der Waals surface area contributed by atoms with Gasteiger partial charge in [-0.15, -0.1) is 0 Å². The van der Waals surface area contributed by atoms with Crippen LogP contribution in [0.2, 0.25) is 0 Å². The zero-order valence-corrected chi connectivity index (χ0v) is 11.8. The number of nitrogens with two attached hydrogens (primary N) is 1. The van der Waals surface area contributed by atoms with E-state index in [1.165, 1.54) is 17.6 Å². The van der Waals surface area contributed by atoms with Crippen molar-refractivity contribution in [2.24, 2.45) is 7.05 Å². The van der Waals surface area contributed by atoms with Crippen molar-refractivity contribution in [3.8, 4) is 11.1 Å². The molecule has 0 aliphatic heterocycles. The van der Waals surface area contributed by atoms with Gasteiger partial charge in [-0.3, -0.25) is 8.99 Å². The molecule has 0 atom stereocenters. The van der Waals surface area contributed by atoms with E-state index in [2.05, 4.69) is 5.10 Å². The van der Waals surface area contributed by atoms with Crippen LogP contribution in [-0.4, -0.2) is 31.5 Å². The van der Waals surface area contributed by atoms with Gasteiger partial charge in [-0.2, -0.15) is 5.10 Å². The van der Waals surface area contributed by atoms with Crippen LogP contribution < -0.4 is 10.0 Å². The van der Waals surface area contributed by atoms with Gasteiger partial charge in [0.25, 0.3) is 0 Å². The molecule has 0 saturated heterocycles. The van der Waals surface area contributed by atoms with Crippen molar-refractivity contribution in [1.29, 1.82) is 0 Å². The number of benzene rings is 1. The smallest absolute Gasteiger partial charge is 0.231 e. The molecule has 0 unspecified atom stereocenters. The SMILES string of the molecule is CN(c1ccc(-c2cnn(C)c2N)cc1)S(C)(=O)=O. The fourth-order valence-electron chi connectivity index (χ4n) is 1.71. The summed E-state index contributed by atoms with van der Waals surface area (Å²) < 4.78 is 25.7. The molecule has 1 aromatic heterocycles. The lowest BCUT2D eigenvalue weighted by atomic mass is 10.1. The first-order chi connectivity index (χ1) is 8.80. The average Bonchev–Trinajstić information content (AvgIpc) is 2.68. The number of anilines is 2. The average molecular weight is 280 g/mol. The van der Waals surface area contributed by atoms with Crippen molar-refractivity contribution in [3.63, 3.8) is 0 Å². The summed E-state index contributed by atoms with van der Waals surface area (Å²) in [4.78, 5) is 0. The van der Waals surface area contributed by atoms with E-state index in [9.17, 15) is 8.42 Å². The molecule has 0 aliphatic carbocycles. The molecule has 1 heterocycles. The van der Waals surface area contributed by atoms with Gasteiger partial charge in [0.2, 0.25) is 10.0 Å². The number of nitrogen functional groups attached to an aromatic ring is 1. The van der Waals surface area contributed by atoms with E-state index in [4.69, 9.17) is 5.73 Å². The summed E-state index contributed by atoms with van der Waals surface area (Å²) in [6.45, 7) is 0. The minimum atomic E-state index is -3.25. The van der Waals surface area contributed by atoms with Crippen molar-refractivity contribution >= 4 is 21.5 Å². The molecule has 0 radical (unpaired) electrons. The summed E-state index contributed by atoms with van der Waals surface area (Å²) in [5.41, 5.74) is 8.23. The number of sulfonamides is 1. The Hall–Kier alpha value is -2.02. The lowest BCUT2D eigenvalue weighted by Gasteiger charge is -2.16. The fraction of sp³-hybridized carbons (Fsp3) is 0.250. The van der Waals surface area contributed by atoms with Crippen LogP contribution in [0.3, 0.4) is 0 Å². The topological polar surface area (TPSA) is 81.2 Å². The summed E-state index contributed by atoms with van der Waals surface area (Å²) in [6, 6.07) is 7.13. The number of aryl methyl sites for hydroxylation is 1. The predicted molar refractivity (Wildman–Crippen MR) is 76.3 cm³/mol. The van der Waals surface area contributed by atoms with Crippen LogP contribution in [0.1, 0.15) is 0 Å². The Morgan fingerprint density at radius 3 is 2.26 bits per heavy atom. The summed E-state index contributed by atoms with van der Waals surface area (Å²) in [5, 5.41) is 4.07. The van der Waals surface area contributed by atoms with Crippen LogP contribution in [0.25, 0.3) is 11.1 Å². The van der Waals surface area contributed by atoms with Gasteiger partial charge in [0.15, 0.2) is 0 Å². The third kappa shape index (κ3) is 2.55. The van der Waals surface area contributed by atoms with E-state index in [0.29, 0.717) is 11.5 Å². The van der Waals surface area contributed by atoms with Crippen LogP contribution in [-0.2, 0) is 17.1 Å². The molecule has 0 spiro atoms. The maximum Gasteiger partial charge on any atom is 0.231 e. The molecule has 19 heavy (non-hydrogen) atoms. The van der Waals surface area contributed by atoms with Gasteiger partial charge in [0.05, 0.1) is 18.1 Å². The highest BCUT2D eigenvalue weighted by molar-refractivity contribution is 7.92. The number of hydrogen-bond donors (Lipinski definition) is 1. The van der Waals surface area contributed by atoms with Gasteiger partial charge >= 0.3 is 0 Å². The summed E-state index contributed by atoms with van der Waals surface area (Å²) >= 11 is 0. The zero-order chi connectivity index (χ0) is 14.2. The Balaban J connectivity index is 2.37. The van der Waals surface area contributed by atoms with Gasteiger partial charge in [-0.05, 0) is 17.7 Å². The number of nitrogens with zero attached hydrogens (tertiary/aromatic N) is 3. The monoisotopic (exact) mass is 280 g/mol. The van der Waals surface area contributed by atoms with Crippen molar-refractivity contribution in [2.75, 3.05) is 23.3 Å². The predicted octanol–water partition coefficient (Wildman–Crippen LogP) is 1.07. The van der Waals surface area contributed by atoms with Gasteiger partial charge in [-0.1, -0.05) is 12.1 Å². The molecule has 6 nitrogen and oxygen atoms in total. The Kier molecular flexibility index (Phi) is 3.23. The number of hydrogen-bond acceptors (Lipinski definition) is 4. The van der Waals surface area contributed by atoms with E-state index in [-0.39, 0.29) is 0 Å². The molecule has 0 saturated carbocycles. The first kappa shape index (κ1) is 13.4. The van der Waals surface area contributed by atoms with Gasteiger partial charge in [0, 0.05) is 19.7 Å². The molecule has 0 fully saturated rings. The minimum Gasteiger partial charge on any atom is -0.383 e. The van der Waals surface area contributed by atoms with E-state index >= 15 is 0 Å². The highest BCUT2D eigenvalue weighted by Gasteiger charge is 2.12. The molecule has 102 valence electrons. The van der Waals surface area contributed by atoms with Crippen molar-refractivity contribution in [2.45, 2.75) is 0 Å². The summed E-state index contributed by atoms with van der Waals surface area (Å²) in [7, 11) is 0.0399. The van der Waals surface area contributed by atoms with Gasteiger partial charge in [0.1, 0.15) is 5.82 Å². The molecule has 0 amide bonds. The Morgan fingerprint density at radius 2 is 1.84 bits per heavy atom. The minimum absolute atomic E-state index is 0.573. The molecular formula is C12H16N4O2S. The highest BCUT2D eigenvalue weighted by atomic mass is 32.2. The molecule has 0 aliphatic rings. The molecule has 0 bridgehead atoms. The van der Waals surface area contributed by atoms with Crippen LogP contribution in [0.4, 0.5) is 11.5 Å². The highest BCUT2D eigenvalue weighted by Crippen LogP contribution is 2.27. The van der Waals surface area contributed by atoms with E-state index in [0.717, 1.165) is 11.1 Å². The maximum absolute atomic E-state index is 11.4.